The van der Waals surface area contributed by atoms with Crippen LogP contribution in [0.15, 0.2) is 18.2 Å². The molecule has 0 saturated carbocycles. The lowest BCUT2D eigenvalue weighted by atomic mass is 10.1. The minimum absolute atomic E-state index is 0.0342. The molecule has 0 bridgehead atoms. The van der Waals surface area contributed by atoms with Crippen molar-refractivity contribution in [3.8, 4) is 0 Å². The van der Waals surface area contributed by atoms with Crippen LogP contribution < -0.4 is 10.6 Å². The number of nitrogens with one attached hydrogen (secondary N) is 2. The standard InChI is InChI=1S/C12H12F6N2O/c1-7-2-3-8(12(16,17)18)4-9(7)19-5-10(21)20-6-11(13,14)15/h2-4,19H,5-6H2,1H3,(H,20,21). The summed E-state index contributed by atoms with van der Waals surface area (Å²) in [5.74, 6) is -0.968. The molecule has 21 heavy (non-hydrogen) atoms. The van der Waals surface area contributed by atoms with E-state index in [9.17, 15) is 31.1 Å². The second-order valence-corrected chi connectivity index (χ2v) is 4.27. The summed E-state index contributed by atoms with van der Waals surface area (Å²) in [6.07, 6.45) is -9.08. The molecule has 0 atom stereocenters. The molecule has 3 nitrogen and oxygen atoms in total. The molecule has 1 rings (SSSR count). The van der Waals surface area contributed by atoms with Crippen LogP contribution in [-0.4, -0.2) is 25.2 Å². The number of carbonyl (C=O) groups excluding carboxylic acids is 1. The van der Waals surface area contributed by atoms with Crippen molar-refractivity contribution in [2.24, 2.45) is 0 Å². The van der Waals surface area contributed by atoms with Crippen molar-refractivity contribution in [2.75, 3.05) is 18.4 Å². The average Bonchev–Trinajstić information content (AvgIpc) is 2.33. The molecule has 2 N–H and O–H groups in total. The van der Waals surface area contributed by atoms with Crippen molar-refractivity contribution in [1.82, 2.24) is 5.32 Å². The summed E-state index contributed by atoms with van der Waals surface area (Å²) in [4.78, 5) is 11.2. The SMILES string of the molecule is Cc1ccc(C(F)(F)F)cc1NCC(=O)NCC(F)(F)F. The molecule has 0 radical (unpaired) electrons. The maximum Gasteiger partial charge on any atom is 0.416 e. The molecule has 0 saturated heterocycles. The first-order chi connectivity index (χ1) is 9.49. The van der Waals surface area contributed by atoms with Crippen molar-refractivity contribution in [1.29, 1.82) is 0 Å². The van der Waals surface area contributed by atoms with Gasteiger partial charge in [0.2, 0.25) is 5.91 Å². The summed E-state index contributed by atoms with van der Waals surface area (Å²) < 4.78 is 73.2. The van der Waals surface area contributed by atoms with Crippen molar-refractivity contribution in [3.05, 3.63) is 29.3 Å². The van der Waals surface area contributed by atoms with Crippen LogP contribution in [0.4, 0.5) is 32.0 Å². The Morgan fingerprint density at radius 3 is 2.29 bits per heavy atom. The average molecular weight is 314 g/mol. The van der Waals surface area contributed by atoms with E-state index in [1.54, 1.807) is 5.32 Å². The van der Waals surface area contributed by atoms with Crippen molar-refractivity contribution >= 4 is 11.6 Å². The number of hydrogen-bond acceptors (Lipinski definition) is 2. The highest BCUT2D eigenvalue weighted by Gasteiger charge is 2.31. The van der Waals surface area contributed by atoms with E-state index in [0.717, 1.165) is 12.1 Å². The minimum Gasteiger partial charge on any atom is -0.376 e. The molecule has 1 aromatic rings. The Bertz CT molecular complexity index is 509. The van der Waals surface area contributed by atoms with E-state index in [2.05, 4.69) is 5.32 Å². The fourth-order valence-corrected chi connectivity index (χ4v) is 1.43. The number of rotatable bonds is 4. The summed E-state index contributed by atoms with van der Waals surface area (Å²) in [5.41, 5.74) is -0.440. The molecule has 0 spiro atoms. The third kappa shape index (κ3) is 5.92. The molecule has 1 amide bonds. The van der Waals surface area contributed by atoms with Crippen LogP contribution in [0.2, 0.25) is 0 Å². The van der Waals surface area contributed by atoms with E-state index >= 15 is 0 Å². The number of halogens is 6. The van der Waals surface area contributed by atoms with Gasteiger partial charge in [-0.05, 0) is 24.6 Å². The fourth-order valence-electron chi connectivity index (χ4n) is 1.43. The van der Waals surface area contributed by atoms with Crippen LogP contribution in [0.5, 0.6) is 0 Å². The highest BCUT2D eigenvalue weighted by atomic mass is 19.4. The predicted molar refractivity (Wildman–Crippen MR) is 63.7 cm³/mol. The van der Waals surface area contributed by atoms with E-state index in [0.29, 0.717) is 5.56 Å². The molecule has 0 fully saturated rings. The number of aryl methyl sites for hydroxylation is 1. The maximum atomic E-state index is 12.5. The smallest absolute Gasteiger partial charge is 0.376 e. The second-order valence-electron chi connectivity index (χ2n) is 4.27. The van der Waals surface area contributed by atoms with Gasteiger partial charge in [-0.3, -0.25) is 4.79 Å². The molecule has 9 heteroatoms. The molecular formula is C12H12F6N2O. The van der Waals surface area contributed by atoms with E-state index < -0.39 is 36.9 Å². The normalized spacial score (nSPS) is 12.1. The number of alkyl halides is 6. The van der Waals surface area contributed by atoms with E-state index in [1.807, 2.05) is 0 Å². The zero-order chi connectivity index (χ0) is 16.3. The number of benzene rings is 1. The monoisotopic (exact) mass is 314 g/mol. The van der Waals surface area contributed by atoms with Gasteiger partial charge in [0.25, 0.3) is 0 Å². The molecular weight excluding hydrogens is 302 g/mol. The maximum absolute atomic E-state index is 12.5. The Hall–Kier alpha value is -1.93. The van der Waals surface area contributed by atoms with E-state index in [1.165, 1.54) is 13.0 Å². The molecule has 0 aliphatic heterocycles. The Balaban J connectivity index is 2.65. The lowest BCUT2D eigenvalue weighted by Crippen LogP contribution is -2.37. The first kappa shape index (κ1) is 17.1. The Kier molecular flexibility index (Phi) is 5.08. The lowest BCUT2D eigenvalue weighted by Gasteiger charge is -2.13. The van der Waals surface area contributed by atoms with Gasteiger partial charge >= 0.3 is 12.4 Å². The fraction of sp³-hybridized carbons (Fsp3) is 0.417. The number of carbonyl (C=O) groups is 1. The molecule has 118 valence electrons. The number of hydrogen-bond donors (Lipinski definition) is 2. The van der Waals surface area contributed by atoms with Gasteiger partial charge < -0.3 is 10.6 Å². The Labute approximate surface area is 116 Å². The van der Waals surface area contributed by atoms with Crippen LogP contribution in [0.25, 0.3) is 0 Å². The van der Waals surface area contributed by atoms with Gasteiger partial charge in [-0.2, -0.15) is 26.3 Å². The zero-order valence-electron chi connectivity index (χ0n) is 10.8. The first-order valence-electron chi connectivity index (χ1n) is 5.74. The quantitative estimate of drug-likeness (QED) is 0.839. The van der Waals surface area contributed by atoms with Gasteiger partial charge in [0.1, 0.15) is 6.54 Å². The molecule has 1 aromatic carbocycles. The zero-order valence-corrected chi connectivity index (χ0v) is 10.8. The van der Waals surface area contributed by atoms with Crippen LogP contribution in [0, 0.1) is 6.92 Å². The van der Waals surface area contributed by atoms with Gasteiger partial charge in [0.05, 0.1) is 12.1 Å². The van der Waals surface area contributed by atoms with Gasteiger partial charge in [0, 0.05) is 5.69 Å². The van der Waals surface area contributed by atoms with Crippen LogP contribution in [-0.2, 0) is 11.0 Å². The summed E-state index contributed by atoms with van der Waals surface area (Å²) in [6, 6.07) is 2.88. The van der Waals surface area contributed by atoms with Crippen molar-refractivity contribution in [2.45, 2.75) is 19.3 Å². The molecule has 0 aromatic heterocycles. The third-order valence-corrected chi connectivity index (χ3v) is 2.49. The summed E-state index contributed by atoms with van der Waals surface area (Å²) >= 11 is 0. The Morgan fingerprint density at radius 1 is 1.14 bits per heavy atom. The van der Waals surface area contributed by atoms with Gasteiger partial charge in [-0.25, -0.2) is 0 Å². The van der Waals surface area contributed by atoms with Crippen LogP contribution >= 0.6 is 0 Å². The molecule has 0 heterocycles. The molecule has 0 aliphatic rings. The van der Waals surface area contributed by atoms with Crippen LogP contribution in [0.3, 0.4) is 0 Å². The van der Waals surface area contributed by atoms with E-state index in [-0.39, 0.29) is 5.69 Å². The second kappa shape index (κ2) is 6.23. The van der Waals surface area contributed by atoms with Crippen molar-refractivity contribution in [3.63, 3.8) is 0 Å². The van der Waals surface area contributed by atoms with Crippen molar-refractivity contribution < 1.29 is 31.1 Å². The lowest BCUT2D eigenvalue weighted by molar-refractivity contribution is -0.137. The summed E-state index contributed by atoms with van der Waals surface area (Å²) in [5, 5.41) is 3.99. The molecule has 0 unspecified atom stereocenters. The van der Waals surface area contributed by atoms with Gasteiger partial charge in [0.15, 0.2) is 0 Å². The summed E-state index contributed by atoms with van der Waals surface area (Å²) in [6.45, 7) is -0.538. The largest absolute Gasteiger partial charge is 0.416 e. The minimum atomic E-state index is -4.54. The number of anilines is 1. The topological polar surface area (TPSA) is 41.1 Å². The van der Waals surface area contributed by atoms with Gasteiger partial charge in [-0.15, -0.1) is 0 Å². The van der Waals surface area contributed by atoms with E-state index in [4.69, 9.17) is 0 Å². The Morgan fingerprint density at radius 2 is 1.76 bits per heavy atom. The molecule has 0 aliphatic carbocycles. The van der Waals surface area contributed by atoms with Gasteiger partial charge in [-0.1, -0.05) is 6.07 Å². The van der Waals surface area contributed by atoms with Crippen LogP contribution in [0.1, 0.15) is 11.1 Å². The first-order valence-corrected chi connectivity index (χ1v) is 5.74. The third-order valence-electron chi connectivity index (χ3n) is 2.49. The summed E-state index contributed by atoms with van der Waals surface area (Å²) in [7, 11) is 0. The predicted octanol–water partition coefficient (Wildman–Crippen LogP) is 3.10. The number of amides is 1. The highest BCUT2D eigenvalue weighted by Crippen LogP contribution is 2.31. The highest BCUT2D eigenvalue weighted by molar-refractivity contribution is 5.81.